The number of halogens is 1. The molecule has 2 aromatic heterocycles. The van der Waals surface area contributed by atoms with Gasteiger partial charge in [0.25, 0.3) is 5.56 Å². The second kappa shape index (κ2) is 5.35. The van der Waals surface area contributed by atoms with E-state index in [-0.39, 0.29) is 5.56 Å². The molecule has 0 aliphatic carbocycles. The number of nitrogens with zero attached hydrogens (tertiary/aromatic N) is 4. The molecule has 6 heteroatoms. The summed E-state index contributed by atoms with van der Waals surface area (Å²) in [6.07, 6.45) is 1.59. The summed E-state index contributed by atoms with van der Waals surface area (Å²) < 4.78 is 3.78. The Morgan fingerprint density at radius 3 is 2.45 bits per heavy atom. The van der Waals surface area contributed by atoms with Gasteiger partial charge in [0.2, 0.25) is 0 Å². The number of fused-ring (bicyclic) bond motifs is 1. The van der Waals surface area contributed by atoms with Gasteiger partial charge in [-0.25, -0.2) is 9.67 Å². The Morgan fingerprint density at radius 1 is 1.18 bits per heavy atom. The Bertz CT molecular complexity index is 916. The van der Waals surface area contributed by atoms with Crippen LogP contribution in [0.3, 0.4) is 0 Å². The Hall–Kier alpha value is -1.95. The third-order valence-electron chi connectivity index (χ3n) is 3.94. The first-order chi connectivity index (χ1) is 10.4. The lowest BCUT2D eigenvalue weighted by Gasteiger charge is -2.13. The Labute approximate surface area is 136 Å². The van der Waals surface area contributed by atoms with Crippen LogP contribution < -0.4 is 5.56 Å². The van der Waals surface area contributed by atoms with Crippen molar-refractivity contribution in [2.24, 2.45) is 7.05 Å². The first-order valence-electron chi connectivity index (χ1n) is 7.03. The first-order valence-corrected chi connectivity index (χ1v) is 7.82. The monoisotopic (exact) mass is 360 g/mol. The van der Waals surface area contributed by atoms with Gasteiger partial charge in [-0.1, -0.05) is 17.7 Å². The summed E-state index contributed by atoms with van der Waals surface area (Å²) in [5, 5.41) is 4.72. The Kier molecular flexibility index (Phi) is 3.64. The lowest BCUT2D eigenvalue weighted by atomic mass is 10.00. The fourth-order valence-electron chi connectivity index (χ4n) is 2.88. The minimum atomic E-state index is -0.0793. The van der Waals surface area contributed by atoms with Crippen molar-refractivity contribution in [1.82, 2.24) is 19.3 Å². The van der Waals surface area contributed by atoms with Crippen LogP contribution >= 0.6 is 15.9 Å². The van der Waals surface area contributed by atoms with Crippen LogP contribution in [0.15, 0.2) is 27.9 Å². The maximum Gasteiger partial charge on any atom is 0.265 e. The van der Waals surface area contributed by atoms with Crippen LogP contribution in [-0.4, -0.2) is 19.3 Å². The second-order valence-corrected chi connectivity index (χ2v) is 6.42. The maximum absolute atomic E-state index is 12.7. The number of rotatable bonds is 2. The zero-order chi connectivity index (χ0) is 16.0. The normalized spacial score (nSPS) is 11.3. The molecular weight excluding hydrogens is 344 g/mol. The maximum atomic E-state index is 12.7. The molecule has 5 nitrogen and oxygen atoms in total. The minimum Gasteiger partial charge on any atom is -0.294 e. The zero-order valence-corrected chi connectivity index (χ0v) is 14.6. The van der Waals surface area contributed by atoms with Gasteiger partial charge in [0.05, 0.1) is 6.54 Å². The standard InChI is InChI=1S/C16H17BrN4O/c1-9-5-10(2)12(11(3)6-9)7-21-8-18-15-13(16(21)22)14(17)19-20(15)4/h5-6,8H,7H2,1-4H3. The van der Waals surface area contributed by atoms with E-state index in [1.54, 1.807) is 22.6 Å². The molecule has 0 amide bonds. The fraction of sp³-hybridized carbons (Fsp3) is 0.312. The molecule has 0 spiro atoms. The van der Waals surface area contributed by atoms with Gasteiger partial charge < -0.3 is 0 Å². The number of hydrogen-bond donors (Lipinski definition) is 0. The number of benzene rings is 1. The van der Waals surface area contributed by atoms with E-state index in [4.69, 9.17) is 0 Å². The summed E-state index contributed by atoms with van der Waals surface area (Å²) in [6.45, 7) is 6.75. The quantitative estimate of drug-likeness (QED) is 0.705. The fourth-order valence-corrected chi connectivity index (χ4v) is 3.46. The number of aromatic nitrogens is 4. The van der Waals surface area contributed by atoms with E-state index in [1.165, 1.54) is 16.7 Å². The van der Waals surface area contributed by atoms with E-state index >= 15 is 0 Å². The molecule has 0 bridgehead atoms. The summed E-state index contributed by atoms with van der Waals surface area (Å²) >= 11 is 3.34. The molecular formula is C16H17BrN4O. The highest BCUT2D eigenvalue weighted by molar-refractivity contribution is 9.10. The molecule has 0 radical (unpaired) electrons. The Balaban J connectivity index is 2.15. The summed E-state index contributed by atoms with van der Waals surface area (Å²) in [5.41, 5.74) is 5.28. The minimum absolute atomic E-state index is 0.0793. The van der Waals surface area contributed by atoms with Crippen LogP contribution in [0.4, 0.5) is 0 Å². The van der Waals surface area contributed by atoms with Crippen molar-refractivity contribution in [1.29, 1.82) is 0 Å². The van der Waals surface area contributed by atoms with Crippen LogP contribution in [0.1, 0.15) is 22.3 Å². The zero-order valence-electron chi connectivity index (χ0n) is 13.0. The second-order valence-electron chi connectivity index (χ2n) is 5.67. The van der Waals surface area contributed by atoms with Gasteiger partial charge in [-0.2, -0.15) is 5.10 Å². The Morgan fingerprint density at radius 2 is 1.82 bits per heavy atom. The summed E-state index contributed by atoms with van der Waals surface area (Å²) in [4.78, 5) is 17.1. The lowest BCUT2D eigenvalue weighted by molar-refractivity contribution is 0.731. The molecule has 0 saturated carbocycles. The molecule has 22 heavy (non-hydrogen) atoms. The molecule has 0 atom stereocenters. The van der Waals surface area contributed by atoms with Crippen molar-refractivity contribution in [2.75, 3.05) is 0 Å². The highest BCUT2D eigenvalue weighted by Gasteiger charge is 2.14. The summed E-state index contributed by atoms with van der Waals surface area (Å²) in [6, 6.07) is 4.28. The SMILES string of the molecule is Cc1cc(C)c(Cn2cnc3c(c(Br)nn3C)c2=O)c(C)c1. The predicted molar refractivity (Wildman–Crippen MR) is 90.2 cm³/mol. The topological polar surface area (TPSA) is 52.7 Å². The molecule has 0 unspecified atom stereocenters. The van der Waals surface area contributed by atoms with Crippen molar-refractivity contribution in [2.45, 2.75) is 27.3 Å². The van der Waals surface area contributed by atoms with Gasteiger partial charge in [0.1, 0.15) is 16.3 Å². The number of hydrogen-bond acceptors (Lipinski definition) is 3. The van der Waals surface area contributed by atoms with E-state index in [1.807, 2.05) is 0 Å². The van der Waals surface area contributed by atoms with Gasteiger partial charge in [-0.15, -0.1) is 0 Å². The largest absolute Gasteiger partial charge is 0.294 e. The third kappa shape index (κ3) is 2.37. The van der Waals surface area contributed by atoms with Crippen LogP contribution in [0.25, 0.3) is 11.0 Å². The first kappa shape index (κ1) is 15.0. The molecule has 3 rings (SSSR count). The summed E-state index contributed by atoms with van der Waals surface area (Å²) in [5.74, 6) is 0. The van der Waals surface area contributed by atoms with Crippen LogP contribution in [0, 0.1) is 20.8 Å². The van der Waals surface area contributed by atoms with E-state index in [9.17, 15) is 4.79 Å². The highest BCUT2D eigenvalue weighted by atomic mass is 79.9. The third-order valence-corrected chi connectivity index (χ3v) is 4.49. The van der Waals surface area contributed by atoms with E-state index in [0.717, 1.165) is 5.56 Å². The van der Waals surface area contributed by atoms with E-state index in [2.05, 4.69) is 58.9 Å². The van der Waals surface area contributed by atoms with Gasteiger partial charge in [0.15, 0.2) is 5.65 Å². The molecule has 0 saturated heterocycles. The molecule has 0 N–H and O–H groups in total. The molecule has 0 aliphatic rings. The van der Waals surface area contributed by atoms with Gasteiger partial charge in [0, 0.05) is 7.05 Å². The van der Waals surface area contributed by atoms with Crippen molar-refractivity contribution in [3.05, 3.63) is 55.7 Å². The average Bonchev–Trinajstić information content (AvgIpc) is 2.71. The predicted octanol–water partition coefficient (Wildman–Crippen LogP) is 2.87. The lowest BCUT2D eigenvalue weighted by Crippen LogP contribution is -2.22. The molecule has 0 fully saturated rings. The van der Waals surface area contributed by atoms with Crippen molar-refractivity contribution >= 4 is 27.0 Å². The molecule has 3 aromatic rings. The molecule has 114 valence electrons. The molecule has 0 aliphatic heterocycles. The van der Waals surface area contributed by atoms with Crippen LogP contribution in [-0.2, 0) is 13.6 Å². The van der Waals surface area contributed by atoms with E-state index < -0.39 is 0 Å². The molecule has 2 heterocycles. The van der Waals surface area contributed by atoms with Crippen LogP contribution in [0.5, 0.6) is 0 Å². The van der Waals surface area contributed by atoms with Gasteiger partial charge >= 0.3 is 0 Å². The van der Waals surface area contributed by atoms with Crippen LogP contribution in [0.2, 0.25) is 0 Å². The van der Waals surface area contributed by atoms with Crippen molar-refractivity contribution in [3.63, 3.8) is 0 Å². The molecule has 1 aromatic carbocycles. The average molecular weight is 361 g/mol. The highest BCUT2D eigenvalue weighted by Crippen LogP contribution is 2.19. The smallest absolute Gasteiger partial charge is 0.265 e. The van der Waals surface area contributed by atoms with E-state index in [0.29, 0.717) is 22.2 Å². The summed E-state index contributed by atoms with van der Waals surface area (Å²) in [7, 11) is 1.78. The van der Waals surface area contributed by atoms with Crippen molar-refractivity contribution < 1.29 is 0 Å². The van der Waals surface area contributed by atoms with Crippen molar-refractivity contribution in [3.8, 4) is 0 Å². The van der Waals surface area contributed by atoms with Gasteiger partial charge in [-0.3, -0.25) is 9.36 Å². The number of aryl methyl sites for hydroxylation is 4. The van der Waals surface area contributed by atoms with Gasteiger partial charge in [-0.05, 0) is 53.4 Å².